The van der Waals surface area contributed by atoms with E-state index in [2.05, 4.69) is 15.3 Å². The van der Waals surface area contributed by atoms with Crippen molar-refractivity contribution in [1.29, 1.82) is 0 Å². The molecule has 7 heteroatoms. The van der Waals surface area contributed by atoms with Crippen LogP contribution < -0.4 is 11.1 Å². The van der Waals surface area contributed by atoms with E-state index >= 15 is 0 Å². The number of rotatable bonds is 6. The van der Waals surface area contributed by atoms with E-state index in [1.807, 2.05) is 10.9 Å². The monoisotopic (exact) mass is 321 g/mol. The van der Waals surface area contributed by atoms with E-state index in [-0.39, 0.29) is 11.9 Å². The SMILES string of the molecule is N[C@@H]1CCC[C@H]1CC(=O)Nc1cnn(CCN2CCOCC2)c1. The summed E-state index contributed by atoms with van der Waals surface area (Å²) < 4.78 is 7.22. The molecule has 3 N–H and O–H groups in total. The molecule has 1 amide bonds. The first-order valence-corrected chi connectivity index (χ1v) is 8.59. The Morgan fingerprint density at radius 3 is 2.91 bits per heavy atom. The number of aromatic nitrogens is 2. The fraction of sp³-hybridized carbons (Fsp3) is 0.750. The summed E-state index contributed by atoms with van der Waals surface area (Å²) in [6, 6.07) is 0.178. The van der Waals surface area contributed by atoms with Gasteiger partial charge >= 0.3 is 0 Å². The Balaban J connectivity index is 1.42. The van der Waals surface area contributed by atoms with Crippen LogP contribution in [0, 0.1) is 5.92 Å². The number of hydrogen-bond acceptors (Lipinski definition) is 5. The predicted octanol–water partition coefficient (Wildman–Crippen LogP) is 0.671. The lowest BCUT2D eigenvalue weighted by molar-refractivity contribution is -0.117. The zero-order chi connectivity index (χ0) is 16.1. The summed E-state index contributed by atoms with van der Waals surface area (Å²) in [5, 5.41) is 7.26. The number of hydrogen-bond donors (Lipinski definition) is 2. The number of carbonyl (C=O) groups is 1. The maximum Gasteiger partial charge on any atom is 0.224 e. The summed E-state index contributed by atoms with van der Waals surface area (Å²) >= 11 is 0. The van der Waals surface area contributed by atoms with Crippen molar-refractivity contribution >= 4 is 11.6 Å². The van der Waals surface area contributed by atoms with Gasteiger partial charge in [-0.2, -0.15) is 5.10 Å². The Bertz CT molecular complexity index is 512. The summed E-state index contributed by atoms with van der Waals surface area (Å²) in [6.07, 6.45) is 7.36. The van der Waals surface area contributed by atoms with Gasteiger partial charge in [0.25, 0.3) is 0 Å². The lowest BCUT2D eigenvalue weighted by Crippen LogP contribution is -2.38. The topological polar surface area (TPSA) is 85.4 Å². The van der Waals surface area contributed by atoms with Gasteiger partial charge in [-0.05, 0) is 18.8 Å². The molecule has 2 heterocycles. The average Bonchev–Trinajstić information content (AvgIpc) is 3.16. The first-order valence-electron chi connectivity index (χ1n) is 8.59. The molecule has 0 unspecified atom stereocenters. The van der Waals surface area contributed by atoms with Gasteiger partial charge in [-0.25, -0.2) is 0 Å². The van der Waals surface area contributed by atoms with Crippen LogP contribution in [0.4, 0.5) is 5.69 Å². The molecule has 0 spiro atoms. The number of amides is 1. The summed E-state index contributed by atoms with van der Waals surface area (Å²) in [4.78, 5) is 14.5. The molecule has 1 aliphatic carbocycles. The Kier molecular flexibility index (Phi) is 5.64. The second-order valence-electron chi connectivity index (χ2n) is 6.55. The van der Waals surface area contributed by atoms with Crippen molar-refractivity contribution in [2.75, 3.05) is 38.2 Å². The first-order chi connectivity index (χ1) is 11.2. The Labute approximate surface area is 137 Å². The predicted molar refractivity (Wildman–Crippen MR) is 88.0 cm³/mol. The average molecular weight is 321 g/mol. The molecular formula is C16H27N5O2. The van der Waals surface area contributed by atoms with Crippen LogP contribution >= 0.6 is 0 Å². The van der Waals surface area contributed by atoms with Gasteiger partial charge < -0.3 is 15.8 Å². The van der Waals surface area contributed by atoms with E-state index in [0.717, 1.165) is 64.3 Å². The van der Waals surface area contributed by atoms with Gasteiger partial charge in [-0.15, -0.1) is 0 Å². The number of nitrogens with two attached hydrogens (primary N) is 1. The Morgan fingerprint density at radius 2 is 2.17 bits per heavy atom. The Hall–Kier alpha value is -1.44. The molecule has 3 rings (SSSR count). The molecule has 2 fully saturated rings. The largest absolute Gasteiger partial charge is 0.379 e. The van der Waals surface area contributed by atoms with E-state index in [1.54, 1.807) is 6.20 Å². The molecule has 1 saturated heterocycles. The first kappa shape index (κ1) is 16.4. The van der Waals surface area contributed by atoms with E-state index in [4.69, 9.17) is 10.5 Å². The molecule has 1 saturated carbocycles. The van der Waals surface area contributed by atoms with Gasteiger partial charge in [0.2, 0.25) is 5.91 Å². The molecule has 0 radical (unpaired) electrons. The highest BCUT2D eigenvalue weighted by molar-refractivity contribution is 5.90. The van der Waals surface area contributed by atoms with Gasteiger partial charge in [-0.3, -0.25) is 14.4 Å². The maximum atomic E-state index is 12.1. The van der Waals surface area contributed by atoms with Crippen LogP contribution in [0.5, 0.6) is 0 Å². The summed E-state index contributed by atoms with van der Waals surface area (Å²) in [7, 11) is 0. The molecule has 2 aliphatic rings. The molecule has 7 nitrogen and oxygen atoms in total. The quantitative estimate of drug-likeness (QED) is 0.804. The molecule has 23 heavy (non-hydrogen) atoms. The normalized spacial score (nSPS) is 25.6. The number of ether oxygens (including phenoxy) is 1. The van der Waals surface area contributed by atoms with Crippen molar-refractivity contribution in [3.8, 4) is 0 Å². The van der Waals surface area contributed by atoms with Crippen molar-refractivity contribution in [1.82, 2.24) is 14.7 Å². The van der Waals surface area contributed by atoms with Crippen LogP contribution in [0.15, 0.2) is 12.4 Å². The highest BCUT2D eigenvalue weighted by Crippen LogP contribution is 2.27. The van der Waals surface area contributed by atoms with E-state index < -0.39 is 0 Å². The number of morpholine rings is 1. The molecule has 1 aliphatic heterocycles. The van der Waals surface area contributed by atoms with Crippen molar-refractivity contribution < 1.29 is 9.53 Å². The van der Waals surface area contributed by atoms with Crippen LogP contribution in [0.2, 0.25) is 0 Å². The molecule has 2 atom stereocenters. The van der Waals surface area contributed by atoms with Gasteiger partial charge in [0.1, 0.15) is 0 Å². The van der Waals surface area contributed by atoms with Gasteiger partial charge in [0, 0.05) is 38.3 Å². The second kappa shape index (κ2) is 7.90. The number of carbonyl (C=O) groups excluding carboxylic acids is 1. The molecule has 0 aromatic carbocycles. The van der Waals surface area contributed by atoms with E-state index in [0.29, 0.717) is 12.3 Å². The molecule has 0 bridgehead atoms. The smallest absolute Gasteiger partial charge is 0.224 e. The van der Waals surface area contributed by atoms with Crippen LogP contribution in [0.3, 0.4) is 0 Å². The third-order valence-electron chi connectivity index (χ3n) is 4.83. The minimum absolute atomic E-state index is 0.0417. The number of nitrogens with one attached hydrogen (secondary N) is 1. The van der Waals surface area contributed by atoms with Crippen molar-refractivity contribution in [2.45, 2.75) is 38.3 Å². The molecule has 128 valence electrons. The van der Waals surface area contributed by atoms with Crippen LogP contribution in [0.1, 0.15) is 25.7 Å². The van der Waals surface area contributed by atoms with Crippen molar-refractivity contribution in [3.05, 3.63) is 12.4 Å². The summed E-state index contributed by atoms with van der Waals surface area (Å²) in [6.45, 7) is 5.35. The molecule has 1 aromatic rings. The number of nitrogens with zero attached hydrogens (tertiary/aromatic N) is 3. The van der Waals surface area contributed by atoms with E-state index in [1.165, 1.54) is 0 Å². The van der Waals surface area contributed by atoms with E-state index in [9.17, 15) is 4.79 Å². The summed E-state index contributed by atoms with van der Waals surface area (Å²) in [5.74, 6) is 0.367. The minimum Gasteiger partial charge on any atom is -0.379 e. The van der Waals surface area contributed by atoms with Crippen LogP contribution in [-0.4, -0.2) is 59.5 Å². The zero-order valence-corrected chi connectivity index (χ0v) is 13.6. The maximum absolute atomic E-state index is 12.1. The van der Waals surface area contributed by atoms with Gasteiger partial charge in [0.15, 0.2) is 0 Å². The fourth-order valence-corrected chi connectivity index (χ4v) is 3.39. The third-order valence-corrected chi connectivity index (χ3v) is 4.83. The third kappa shape index (κ3) is 4.76. The minimum atomic E-state index is 0.0417. The Morgan fingerprint density at radius 1 is 1.35 bits per heavy atom. The highest BCUT2D eigenvalue weighted by Gasteiger charge is 2.26. The van der Waals surface area contributed by atoms with Crippen LogP contribution in [0.25, 0.3) is 0 Å². The van der Waals surface area contributed by atoms with Gasteiger partial charge in [0.05, 0.1) is 31.6 Å². The highest BCUT2D eigenvalue weighted by atomic mass is 16.5. The van der Waals surface area contributed by atoms with Gasteiger partial charge in [-0.1, -0.05) is 6.42 Å². The fourth-order valence-electron chi connectivity index (χ4n) is 3.39. The second-order valence-corrected chi connectivity index (χ2v) is 6.55. The van der Waals surface area contributed by atoms with Crippen molar-refractivity contribution in [2.24, 2.45) is 11.7 Å². The lowest BCUT2D eigenvalue weighted by Gasteiger charge is -2.26. The van der Waals surface area contributed by atoms with Crippen molar-refractivity contribution in [3.63, 3.8) is 0 Å². The standard InChI is InChI=1S/C16H27N5O2/c17-15-3-1-2-13(15)10-16(22)19-14-11-18-21(12-14)5-4-20-6-8-23-9-7-20/h11-13,15H,1-10,17H2,(H,19,22)/t13-,15+/m0/s1. The molecule has 1 aromatic heterocycles. The lowest BCUT2D eigenvalue weighted by atomic mass is 10.00. The number of anilines is 1. The van der Waals surface area contributed by atoms with Crippen LogP contribution in [-0.2, 0) is 16.1 Å². The zero-order valence-electron chi connectivity index (χ0n) is 13.6. The molecular weight excluding hydrogens is 294 g/mol. The summed E-state index contributed by atoms with van der Waals surface area (Å²) in [5.41, 5.74) is 6.79.